The molecule has 0 saturated heterocycles. The summed E-state index contributed by atoms with van der Waals surface area (Å²) in [5.41, 5.74) is 0. The zero-order valence-electron chi connectivity index (χ0n) is 7.86. The van der Waals surface area contributed by atoms with Crippen LogP contribution in [0.2, 0.25) is 6.55 Å². The van der Waals surface area contributed by atoms with Crippen molar-refractivity contribution in [3.05, 3.63) is 36.4 Å². The lowest BCUT2D eigenvalue weighted by atomic mass is 10.1. The van der Waals surface area contributed by atoms with Crippen LogP contribution in [-0.4, -0.2) is 9.28 Å². The summed E-state index contributed by atoms with van der Waals surface area (Å²) in [7, 11) is -1.43. The minimum Gasteiger partial charge on any atom is -0.511 e. The van der Waals surface area contributed by atoms with E-state index in [-0.39, 0.29) is 0 Å². The molecule has 14 heavy (non-hydrogen) atoms. The van der Waals surface area contributed by atoms with Crippen LogP contribution in [-0.2, 0) is 0 Å². The fraction of sp³-hybridized carbons (Fsp3) is 0.0909. The first kappa shape index (κ1) is 7.88. The lowest BCUT2D eigenvalue weighted by Crippen LogP contribution is -2.18. The third-order valence-electron chi connectivity index (χ3n) is 2.40. The van der Waals surface area contributed by atoms with Crippen molar-refractivity contribution in [3.8, 4) is 11.5 Å². The van der Waals surface area contributed by atoms with Crippen LogP contribution in [0.15, 0.2) is 36.4 Å². The first-order chi connectivity index (χ1) is 6.83. The van der Waals surface area contributed by atoms with Gasteiger partial charge in [-0.3, -0.25) is 0 Å². The van der Waals surface area contributed by atoms with Crippen LogP contribution in [0, 0.1) is 0 Å². The maximum Gasteiger partial charge on any atom is 0.441 e. The van der Waals surface area contributed by atoms with Crippen LogP contribution >= 0.6 is 0 Å². The Kier molecular flexibility index (Phi) is 1.55. The van der Waals surface area contributed by atoms with Gasteiger partial charge < -0.3 is 8.85 Å². The molecule has 2 aromatic rings. The van der Waals surface area contributed by atoms with E-state index >= 15 is 0 Å². The third-order valence-corrected chi connectivity index (χ3v) is 3.57. The van der Waals surface area contributed by atoms with Gasteiger partial charge in [0.2, 0.25) is 0 Å². The molecular formula is C11H10O2Si. The van der Waals surface area contributed by atoms with E-state index in [0.29, 0.717) is 0 Å². The van der Waals surface area contributed by atoms with E-state index in [2.05, 4.69) is 24.3 Å². The Bertz CT molecular complexity index is 451. The molecule has 1 aliphatic heterocycles. The van der Waals surface area contributed by atoms with Gasteiger partial charge in [0.05, 0.1) is 0 Å². The summed E-state index contributed by atoms with van der Waals surface area (Å²) in [5.74, 6) is 1.81. The molecule has 0 radical (unpaired) electrons. The van der Waals surface area contributed by atoms with E-state index < -0.39 is 9.28 Å². The highest BCUT2D eigenvalue weighted by molar-refractivity contribution is 6.46. The van der Waals surface area contributed by atoms with E-state index in [1.165, 1.54) is 10.8 Å². The molecule has 0 aromatic heterocycles. The second kappa shape index (κ2) is 2.75. The zero-order chi connectivity index (χ0) is 9.54. The molecule has 3 rings (SSSR count). The minimum absolute atomic E-state index is 0.905. The van der Waals surface area contributed by atoms with Gasteiger partial charge in [-0.15, -0.1) is 0 Å². The van der Waals surface area contributed by atoms with Crippen molar-refractivity contribution < 1.29 is 8.85 Å². The maximum absolute atomic E-state index is 5.63. The molecule has 3 heteroatoms. The molecule has 70 valence electrons. The van der Waals surface area contributed by atoms with Gasteiger partial charge in [0, 0.05) is 0 Å². The normalized spacial score (nSPS) is 14.9. The highest BCUT2D eigenvalue weighted by Crippen LogP contribution is 2.36. The Hall–Kier alpha value is -1.48. The van der Waals surface area contributed by atoms with Gasteiger partial charge in [-0.1, -0.05) is 24.3 Å². The number of rotatable bonds is 0. The van der Waals surface area contributed by atoms with Crippen molar-refractivity contribution in [1.82, 2.24) is 0 Å². The molecule has 0 atom stereocenters. The average molecular weight is 202 g/mol. The van der Waals surface area contributed by atoms with Crippen LogP contribution in [0.3, 0.4) is 0 Å². The van der Waals surface area contributed by atoms with Crippen LogP contribution in [0.25, 0.3) is 10.8 Å². The van der Waals surface area contributed by atoms with E-state index in [4.69, 9.17) is 8.85 Å². The van der Waals surface area contributed by atoms with Crippen LogP contribution in [0.1, 0.15) is 0 Å². The molecule has 2 aromatic carbocycles. The standard InChI is InChI=1S/C11H10O2Si/c1-14-12-10-6-8-4-2-3-5-9(8)7-11(10)13-14/h2-7,14H,1H3. The largest absolute Gasteiger partial charge is 0.511 e. The number of fused-ring (bicyclic) bond motifs is 2. The topological polar surface area (TPSA) is 18.5 Å². The molecule has 0 fully saturated rings. The van der Waals surface area contributed by atoms with Gasteiger partial charge in [-0.05, 0) is 29.5 Å². The van der Waals surface area contributed by atoms with Crippen molar-refractivity contribution in [1.29, 1.82) is 0 Å². The number of hydrogen-bond donors (Lipinski definition) is 0. The average Bonchev–Trinajstić information content (AvgIpc) is 2.53. The highest BCUT2D eigenvalue weighted by Gasteiger charge is 2.22. The van der Waals surface area contributed by atoms with Gasteiger partial charge in [-0.2, -0.15) is 0 Å². The van der Waals surface area contributed by atoms with Gasteiger partial charge >= 0.3 is 9.28 Å². The summed E-state index contributed by atoms with van der Waals surface area (Å²) in [4.78, 5) is 0. The van der Waals surface area contributed by atoms with E-state index in [1.54, 1.807) is 0 Å². The predicted octanol–water partition coefficient (Wildman–Crippen LogP) is 2.46. The minimum atomic E-state index is -1.43. The number of benzene rings is 2. The second-order valence-electron chi connectivity index (χ2n) is 3.45. The summed E-state index contributed by atoms with van der Waals surface area (Å²) >= 11 is 0. The highest BCUT2D eigenvalue weighted by atomic mass is 28.3. The molecule has 0 spiro atoms. The Balaban J connectivity index is 2.27. The molecular weight excluding hydrogens is 192 g/mol. The number of hydrogen-bond acceptors (Lipinski definition) is 2. The lowest BCUT2D eigenvalue weighted by molar-refractivity contribution is 0.510. The first-order valence-electron chi connectivity index (χ1n) is 4.69. The predicted molar refractivity (Wildman–Crippen MR) is 58.2 cm³/mol. The Morgan fingerprint density at radius 1 is 0.929 bits per heavy atom. The SMILES string of the molecule is C[SiH]1Oc2cc3ccccc3cc2O1. The van der Waals surface area contributed by atoms with Gasteiger partial charge in [0.15, 0.2) is 0 Å². The van der Waals surface area contributed by atoms with Gasteiger partial charge in [-0.25, -0.2) is 0 Å². The van der Waals surface area contributed by atoms with Crippen molar-refractivity contribution in [2.24, 2.45) is 0 Å². The van der Waals surface area contributed by atoms with Crippen molar-refractivity contribution in [2.45, 2.75) is 6.55 Å². The Morgan fingerprint density at radius 3 is 1.93 bits per heavy atom. The fourth-order valence-corrected chi connectivity index (χ4v) is 2.90. The quantitative estimate of drug-likeness (QED) is 0.611. The molecule has 1 heterocycles. The van der Waals surface area contributed by atoms with E-state index in [1.807, 2.05) is 18.7 Å². The molecule has 0 amide bonds. The fourth-order valence-electron chi connectivity index (χ4n) is 1.76. The molecule has 1 aliphatic rings. The van der Waals surface area contributed by atoms with Crippen molar-refractivity contribution in [3.63, 3.8) is 0 Å². The smallest absolute Gasteiger partial charge is 0.441 e. The summed E-state index contributed by atoms with van der Waals surface area (Å²) in [6.45, 7) is 2.03. The summed E-state index contributed by atoms with van der Waals surface area (Å²) in [5, 5.41) is 2.41. The second-order valence-corrected chi connectivity index (χ2v) is 5.06. The molecule has 0 saturated carbocycles. The Labute approximate surface area is 83.9 Å². The van der Waals surface area contributed by atoms with E-state index in [9.17, 15) is 0 Å². The third kappa shape index (κ3) is 1.09. The monoisotopic (exact) mass is 202 g/mol. The lowest BCUT2D eigenvalue weighted by Gasteiger charge is -2.00. The van der Waals surface area contributed by atoms with Crippen molar-refractivity contribution >= 4 is 20.1 Å². The maximum atomic E-state index is 5.63. The molecule has 0 unspecified atom stereocenters. The molecule has 0 N–H and O–H groups in total. The molecule has 0 bridgehead atoms. The summed E-state index contributed by atoms with van der Waals surface area (Å²) in [6.07, 6.45) is 0. The van der Waals surface area contributed by atoms with Crippen LogP contribution < -0.4 is 8.85 Å². The summed E-state index contributed by atoms with van der Waals surface area (Å²) in [6, 6.07) is 12.4. The van der Waals surface area contributed by atoms with Gasteiger partial charge in [0.25, 0.3) is 0 Å². The summed E-state index contributed by atoms with van der Waals surface area (Å²) < 4.78 is 11.3. The zero-order valence-corrected chi connectivity index (χ0v) is 9.01. The first-order valence-corrected chi connectivity index (χ1v) is 6.79. The van der Waals surface area contributed by atoms with Crippen molar-refractivity contribution in [2.75, 3.05) is 0 Å². The van der Waals surface area contributed by atoms with Gasteiger partial charge in [0.1, 0.15) is 11.5 Å². The van der Waals surface area contributed by atoms with Crippen LogP contribution in [0.4, 0.5) is 0 Å². The van der Waals surface area contributed by atoms with E-state index in [0.717, 1.165) is 11.5 Å². The molecule has 0 aliphatic carbocycles. The van der Waals surface area contributed by atoms with Crippen LogP contribution in [0.5, 0.6) is 11.5 Å². The Morgan fingerprint density at radius 2 is 1.43 bits per heavy atom. The molecule has 2 nitrogen and oxygen atoms in total.